The van der Waals surface area contributed by atoms with Crippen LogP contribution in [-0.2, 0) is 6.42 Å². The van der Waals surface area contributed by atoms with Crippen LogP contribution in [0.3, 0.4) is 0 Å². The largest absolute Gasteiger partial charge is 0.354 e. The van der Waals surface area contributed by atoms with Crippen molar-refractivity contribution in [1.29, 1.82) is 0 Å². The quantitative estimate of drug-likeness (QED) is 0.641. The van der Waals surface area contributed by atoms with E-state index in [9.17, 15) is 9.18 Å². The van der Waals surface area contributed by atoms with Crippen LogP contribution in [0.15, 0.2) is 47.1 Å². The van der Waals surface area contributed by atoms with Gasteiger partial charge < -0.3 is 14.3 Å². The molecule has 1 aliphatic heterocycles. The second-order valence-electron chi connectivity index (χ2n) is 7.28. The topological polar surface area (TPSA) is 75.4 Å². The van der Waals surface area contributed by atoms with Gasteiger partial charge in [-0.2, -0.15) is 4.98 Å². The van der Waals surface area contributed by atoms with E-state index in [0.29, 0.717) is 36.9 Å². The Bertz CT molecular complexity index is 1020. The molecule has 3 aromatic rings. The Labute approximate surface area is 174 Å². The first-order valence-electron chi connectivity index (χ1n) is 10.2. The maximum absolute atomic E-state index is 13.5. The normalized spacial score (nSPS) is 14.6. The van der Waals surface area contributed by atoms with Crippen molar-refractivity contribution in [3.8, 4) is 11.5 Å². The summed E-state index contributed by atoms with van der Waals surface area (Å²) in [6.07, 6.45) is 4.23. The van der Waals surface area contributed by atoms with E-state index >= 15 is 0 Å². The maximum atomic E-state index is 13.5. The molecular weight excluding hydrogens is 385 g/mol. The van der Waals surface area contributed by atoms with Crippen LogP contribution in [0, 0.1) is 5.82 Å². The van der Waals surface area contributed by atoms with E-state index in [-0.39, 0.29) is 5.91 Å². The number of aryl methyl sites for hydroxylation is 1. The summed E-state index contributed by atoms with van der Waals surface area (Å²) < 4.78 is 19.0. The van der Waals surface area contributed by atoms with Gasteiger partial charge in [0.2, 0.25) is 0 Å². The molecule has 156 valence electrons. The second kappa shape index (κ2) is 9.02. The molecule has 1 fully saturated rings. The average Bonchev–Trinajstić information content (AvgIpc) is 3.09. The Kier molecular flexibility index (Phi) is 6.02. The summed E-state index contributed by atoms with van der Waals surface area (Å²) in [6.45, 7) is 4.55. The van der Waals surface area contributed by atoms with Crippen molar-refractivity contribution < 1.29 is 13.7 Å². The van der Waals surface area contributed by atoms with Crippen molar-refractivity contribution in [1.82, 2.24) is 20.0 Å². The van der Waals surface area contributed by atoms with Crippen molar-refractivity contribution in [3.05, 3.63) is 59.8 Å². The predicted octanol–water partition coefficient (Wildman–Crippen LogP) is 3.58. The molecule has 0 spiro atoms. The van der Waals surface area contributed by atoms with Crippen LogP contribution in [0.2, 0.25) is 0 Å². The van der Waals surface area contributed by atoms with Gasteiger partial charge in [0.1, 0.15) is 11.6 Å². The summed E-state index contributed by atoms with van der Waals surface area (Å²) >= 11 is 0. The lowest BCUT2D eigenvalue weighted by atomic mass is 10.2. The molecule has 1 aliphatic rings. The minimum Gasteiger partial charge on any atom is -0.354 e. The number of anilines is 1. The van der Waals surface area contributed by atoms with Crippen LogP contribution in [-0.4, -0.2) is 52.1 Å². The zero-order chi connectivity index (χ0) is 20.9. The van der Waals surface area contributed by atoms with Gasteiger partial charge in [-0.15, -0.1) is 0 Å². The highest BCUT2D eigenvalue weighted by atomic mass is 19.1. The fourth-order valence-electron chi connectivity index (χ4n) is 3.64. The van der Waals surface area contributed by atoms with E-state index in [1.165, 1.54) is 12.1 Å². The van der Waals surface area contributed by atoms with E-state index < -0.39 is 5.82 Å². The molecule has 0 unspecified atom stereocenters. The molecule has 4 rings (SSSR count). The van der Waals surface area contributed by atoms with Gasteiger partial charge in [-0.25, -0.2) is 9.37 Å². The van der Waals surface area contributed by atoms with Crippen LogP contribution in [0.1, 0.15) is 35.9 Å². The SMILES string of the molecule is CCCc1noc(-c2cccnc2N2CCCN(C(=O)c3cccc(F)c3)CC2)n1. The third-order valence-electron chi connectivity index (χ3n) is 5.11. The highest BCUT2D eigenvalue weighted by Gasteiger charge is 2.24. The highest BCUT2D eigenvalue weighted by molar-refractivity contribution is 5.94. The molecule has 7 nitrogen and oxygen atoms in total. The molecule has 0 bridgehead atoms. The maximum Gasteiger partial charge on any atom is 0.261 e. The van der Waals surface area contributed by atoms with Gasteiger partial charge in [0.15, 0.2) is 5.82 Å². The third kappa shape index (κ3) is 4.32. The summed E-state index contributed by atoms with van der Waals surface area (Å²) in [4.78, 5) is 25.8. The number of nitrogens with zero attached hydrogens (tertiary/aromatic N) is 5. The summed E-state index contributed by atoms with van der Waals surface area (Å²) in [6, 6.07) is 9.60. The molecule has 1 amide bonds. The van der Waals surface area contributed by atoms with Gasteiger partial charge in [-0.3, -0.25) is 4.79 Å². The number of hydrogen-bond acceptors (Lipinski definition) is 6. The van der Waals surface area contributed by atoms with Gasteiger partial charge in [0, 0.05) is 44.4 Å². The molecule has 0 saturated carbocycles. The van der Waals surface area contributed by atoms with Crippen molar-refractivity contribution >= 4 is 11.7 Å². The Balaban J connectivity index is 1.51. The summed E-state index contributed by atoms with van der Waals surface area (Å²) in [7, 11) is 0. The molecule has 0 atom stereocenters. The molecule has 0 aliphatic carbocycles. The summed E-state index contributed by atoms with van der Waals surface area (Å²) in [5.74, 6) is 1.35. The average molecular weight is 409 g/mol. The Morgan fingerprint density at radius 3 is 2.90 bits per heavy atom. The number of amides is 1. The van der Waals surface area contributed by atoms with E-state index in [1.54, 1.807) is 23.2 Å². The summed E-state index contributed by atoms with van der Waals surface area (Å²) in [5.41, 5.74) is 1.16. The number of carbonyl (C=O) groups excluding carboxylic acids is 1. The van der Waals surface area contributed by atoms with E-state index in [0.717, 1.165) is 37.2 Å². The number of rotatable bonds is 5. The first-order valence-corrected chi connectivity index (χ1v) is 10.2. The van der Waals surface area contributed by atoms with Crippen molar-refractivity contribution in [3.63, 3.8) is 0 Å². The zero-order valence-corrected chi connectivity index (χ0v) is 16.9. The molecule has 1 saturated heterocycles. The molecule has 0 N–H and O–H groups in total. The zero-order valence-electron chi connectivity index (χ0n) is 16.9. The second-order valence-corrected chi connectivity index (χ2v) is 7.28. The van der Waals surface area contributed by atoms with Crippen molar-refractivity contribution in [2.45, 2.75) is 26.2 Å². The number of benzene rings is 1. The standard InChI is InChI=1S/C22H24FN5O2/c1-2-6-19-25-21(30-26-19)18-9-4-10-24-20(18)27-11-5-12-28(14-13-27)22(29)16-7-3-8-17(23)15-16/h3-4,7-10,15H,2,5-6,11-14H2,1H3. The number of aromatic nitrogens is 3. The highest BCUT2D eigenvalue weighted by Crippen LogP contribution is 2.28. The van der Waals surface area contributed by atoms with Crippen LogP contribution < -0.4 is 4.90 Å². The Hall–Kier alpha value is -3.29. The van der Waals surface area contributed by atoms with Gasteiger partial charge in [-0.05, 0) is 43.2 Å². The third-order valence-corrected chi connectivity index (χ3v) is 5.11. The molecule has 30 heavy (non-hydrogen) atoms. The predicted molar refractivity (Wildman–Crippen MR) is 111 cm³/mol. The number of halogens is 1. The smallest absolute Gasteiger partial charge is 0.261 e. The molecule has 2 aromatic heterocycles. The molecule has 0 radical (unpaired) electrons. The van der Waals surface area contributed by atoms with Crippen LogP contribution >= 0.6 is 0 Å². The number of pyridine rings is 1. The van der Waals surface area contributed by atoms with Gasteiger partial charge in [0.25, 0.3) is 11.8 Å². The lowest BCUT2D eigenvalue weighted by Gasteiger charge is -2.24. The minimum absolute atomic E-state index is 0.154. The number of carbonyl (C=O) groups is 1. The minimum atomic E-state index is -0.405. The molecule has 1 aromatic carbocycles. The van der Waals surface area contributed by atoms with Crippen LogP contribution in [0.25, 0.3) is 11.5 Å². The van der Waals surface area contributed by atoms with Gasteiger partial charge >= 0.3 is 0 Å². The summed E-state index contributed by atoms with van der Waals surface area (Å²) in [5, 5.41) is 4.05. The molecular formula is C22H24FN5O2. The van der Waals surface area contributed by atoms with Gasteiger partial charge in [0.05, 0.1) is 5.56 Å². The Morgan fingerprint density at radius 1 is 1.17 bits per heavy atom. The number of hydrogen-bond donors (Lipinski definition) is 0. The lowest BCUT2D eigenvalue weighted by Crippen LogP contribution is -2.35. The fraction of sp³-hybridized carbons (Fsp3) is 0.364. The monoisotopic (exact) mass is 409 g/mol. The molecule has 8 heteroatoms. The first-order chi connectivity index (χ1) is 14.7. The van der Waals surface area contributed by atoms with Crippen molar-refractivity contribution in [2.75, 3.05) is 31.1 Å². The van der Waals surface area contributed by atoms with Crippen LogP contribution in [0.5, 0.6) is 0 Å². The van der Waals surface area contributed by atoms with Crippen molar-refractivity contribution in [2.24, 2.45) is 0 Å². The first kappa shape index (κ1) is 20.0. The van der Waals surface area contributed by atoms with Crippen LogP contribution in [0.4, 0.5) is 10.2 Å². The fourth-order valence-corrected chi connectivity index (χ4v) is 3.64. The van der Waals surface area contributed by atoms with E-state index in [2.05, 4.69) is 26.9 Å². The van der Waals surface area contributed by atoms with E-state index in [4.69, 9.17) is 4.52 Å². The molecule has 3 heterocycles. The van der Waals surface area contributed by atoms with E-state index in [1.807, 2.05) is 12.1 Å². The Morgan fingerprint density at radius 2 is 2.07 bits per heavy atom. The lowest BCUT2D eigenvalue weighted by molar-refractivity contribution is 0.0766. The van der Waals surface area contributed by atoms with Gasteiger partial charge in [-0.1, -0.05) is 18.1 Å².